The Balaban J connectivity index is 0.00000219. The molecule has 0 aliphatic carbocycles. The van der Waals surface area contributed by atoms with Crippen LogP contribution in [0.2, 0.25) is 60.4 Å². The summed E-state index contributed by atoms with van der Waals surface area (Å²) >= 11 is 0. The number of aromatic hydroxyl groups is 3. The number of phenols is 3. The van der Waals surface area contributed by atoms with Crippen molar-refractivity contribution >= 4 is 35.7 Å². The van der Waals surface area contributed by atoms with Gasteiger partial charge >= 0.3 is 71.6 Å². The van der Waals surface area contributed by atoms with Crippen LogP contribution in [0.25, 0.3) is 0 Å². The van der Waals surface area contributed by atoms with Crippen LogP contribution in [0.15, 0.2) is 67.3 Å². The number of alkyl halides is 26. The highest BCUT2D eigenvalue weighted by Gasteiger charge is 2.92. The summed E-state index contributed by atoms with van der Waals surface area (Å²) in [5.41, 5.74) is 5.75. The normalized spacial score (nSPS) is 14.8. The lowest BCUT2D eigenvalue weighted by atomic mass is 9.93. The molecule has 3 rings (SSSR count). The molecule has 3 aromatic rings. The third-order valence-corrected chi connectivity index (χ3v) is 34.4. The number of hydrogen-bond acceptors (Lipinski definition) is 5. The molecule has 0 amide bonds. The van der Waals surface area contributed by atoms with E-state index >= 15 is 0 Å². The summed E-state index contributed by atoms with van der Waals surface area (Å²) in [7, 11) is -3.89. The second kappa shape index (κ2) is 48.6. The molecule has 0 saturated carbocycles. The zero-order valence-electron chi connectivity index (χ0n) is 68.0. The van der Waals surface area contributed by atoms with Crippen molar-refractivity contribution in [3.63, 3.8) is 0 Å². The van der Waals surface area contributed by atoms with E-state index in [0.717, 1.165) is 41.5 Å². The summed E-state index contributed by atoms with van der Waals surface area (Å²) in [6.45, 7) is 22.6. The van der Waals surface area contributed by atoms with Crippen LogP contribution in [-0.2, 0) is 28.1 Å². The molecule has 0 spiro atoms. The lowest BCUT2D eigenvalue weighted by molar-refractivity contribution is -0.439. The molecule has 3 N–H and O–H groups in total. The number of phenolic OH excluding ortho intramolecular Hbond substituents is 3. The first-order chi connectivity index (χ1) is 52.7. The molecular formula is C81H126F26O5Si4. The van der Waals surface area contributed by atoms with E-state index in [1.54, 1.807) is 25.1 Å². The van der Waals surface area contributed by atoms with Crippen molar-refractivity contribution in [2.24, 2.45) is 0 Å². The summed E-state index contributed by atoms with van der Waals surface area (Å²) in [6.07, 6.45) is 6.97. The SMILES string of the molecule is C.C=CCCCCCCCc1ccc(C)c(O)c1.CCCC(CCC(CCCCCCCCc1ccc(C)c(O)c1)[SiH2]CCC(F)(F)C(F)(F)C(F)(F)C(F)(F)C(F)(F)C(F)(F)F)[SiH2]CCC(F)(F)C(F)(F)C(F)(F)C(F)(F)C(F)(F)C(F)(F)F.CO[Si](C)(C)C(C)CCC(CCCCCCCCc1ccc(C)c(O)c1)[Si](C)(C)OC. The summed E-state index contributed by atoms with van der Waals surface area (Å²) in [6, 6.07) is 14.9. The largest absolute Gasteiger partial charge is 0.508 e. The van der Waals surface area contributed by atoms with Crippen LogP contribution in [-0.4, -0.2) is 137 Å². The number of unbranched alkanes of at least 4 members (excludes halogenated alkanes) is 15. The van der Waals surface area contributed by atoms with Gasteiger partial charge in [0, 0.05) is 46.1 Å². The summed E-state index contributed by atoms with van der Waals surface area (Å²) < 4.78 is 365. The summed E-state index contributed by atoms with van der Waals surface area (Å²) in [5, 5.41) is 29.3. The van der Waals surface area contributed by atoms with Gasteiger partial charge in [-0.25, -0.2) is 0 Å². The van der Waals surface area contributed by atoms with E-state index in [2.05, 4.69) is 51.8 Å². The predicted octanol–water partition coefficient (Wildman–Crippen LogP) is 29.2. The lowest BCUT2D eigenvalue weighted by Gasteiger charge is -2.39. The summed E-state index contributed by atoms with van der Waals surface area (Å²) in [5.74, 6) is -74.7. The highest BCUT2D eigenvalue weighted by atomic mass is 28.4. The minimum atomic E-state index is -8.10. The first kappa shape index (κ1) is 112. The van der Waals surface area contributed by atoms with E-state index < -0.39 is 143 Å². The summed E-state index contributed by atoms with van der Waals surface area (Å²) in [4.78, 5) is 0. The molecule has 4 atom stereocenters. The molecular weight excluding hydrogens is 1660 g/mol. The predicted molar refractivity (Wildman–Crippen MR) is 419 cm³/mol. The monoisotopic (exact) mass is 1780 g/mol. The maximum absolute atomic E-state index is 14.6. The molecule has 678 valence electrons. The van der Waals surface area contributed by atoms with Gasteiger partial charge in [-0.2, -0.15) is 114 Å². The van der Waals surface area contributed by atoms with Crippen molar-refractivity contribution in [2.45, 2.75) is 373 Å². The Kier molecular flexibility index (Phi) is 46.8. The van der Waals surface area contributed by atoms with Gasteiger partial charge < -0.3 is 24.2 Å². The van der Waals surface area contributed by atoms with Gasteiger partial charge in [0.2, 0.25) is 0 Å². The minimum Gasteiger partial charge on any atom is -0.508 e. The van der Waals surface area contributed by atoms with Gasteiger partial charge in [0.25, 0.3) is 0 Å². The van der Waals surface area contributed by atoms with Gasteiger partial charge in [0.05, 0.1) is 0 Å². The average molecular weight is 1790 g/mol. The number of hydrogen-bond donors (Lipinski definition) is 3. The Morgan fingerprint density at radius 3 is 0.974 bits per heavy atom. The van der Waals surface area contributed by atoms with Crippen LogP contribution in [0.1, 0.15) is 234 Å². The first-order valence-corrected chi connectivity index (χ1v) is 49.2. The number of benzene rings is 3. The van der Waals surface area contributed by atoms with E-state index in [4.69, 9.17) is 8.85 Å². The third kappa shape index (κ3) is 32.2. The third-order valence-electron chi connectivity index (χ3n) is 22.3. The maximum Gasteiger partial charge on any atom is 0.460 e. The van der Waals surface area contributed by atoms with Gasteiger partial charge in [0.1, 0.15) is 17.2 Å². The Morgan fingerprint density at radius 1 is 0.379 bits per heavy atom. The smallest absolute Gasteiger partial charge is 0.460 e. The van der Waals surface area contributed by atoms with Gasteiger partial charge in [-0.05, 0) is 161 Å². The van der Waals surface area contributed by atoms with Crippen molar-refractivity contribution in [2.75, 3.05) is 14.2 Å². The topological polar surface area (TPSA) is 79.2 Å². The molecule has 0 aromatic heterocycles. The number of rotatable bonds is 54. The molecule has 0 heterocycles. The van der Waals surface area contributed by atoms with Gasteiger partial charge in [-0.3, -0.25) is 0 Å². The lowest BCUT2D eigenvalue weighted by Crippen LogP contribution is -2.70. The van der Waals surface area contributed by atoms with Crippen LogP contribution < -0.4 is 0 Å². The zero-order chi connectivity index (χ0) is 88.7. The van der Waals surface area contributed by atoms with Gasteiger partial charge in [-0.1, -0.05) is 222 Å². The van der Waals surface area contributed by atoms with E-state index in [1.807, 2.05) is 58.4 Å². The van der Waals surface area contributed by atoms with Crippen LogP contribution in [0.5, 0.6) is 17.2 Å². The molecule has 4 unspecified atom stereocenters. The van der Waals surface area contributed by atoms with E-state index in [0.29, 0.717) is 61.1 Å². The molecule has 0 aliphatic heterocycles. The molecule has 35 heteroatoms. The van der Waals surface area contributed by atoms with Gasteiger partial charge in [0.15, 0.2) is 16.6 Å². The van der Waals surface area contributed by atoms with Crippen molar-refractivity contribution in [3.8, 4) is 17.2 Å². The molecule has 3 aromatic carbocycles. The Hall–Kier alpha value is -4.23. The number of halogens is 26. The molecule has 0 aliphatic rings. The molecule has 0 fully saturated rings. The minimum absolute atomic E-state index is 0. The fraction of sp³-hybridized carbons (Fsp3) is 0.753. The highest BCUT2D eigenvalue weighted by Crippen LogP contribution is 2.63. The molecule has 0 saturated heterocycles. The van der Waals surface area contributed by atoms with Crippen molar-refractivity contribution in [1.29, 1.82) is 0 Å². The molecule has 0 bridgehead atoms. The maximum atomic E-state index is 14.6. The second-order valence-electron chi connectivity index (χ2n) is 32.0. The quantitative estimate of drug-likeness (QED) is 0.0227. The first-order valence-electron chi connectivity index (χ1n) is 39.6. The second-order valence-corrected chi connectivity index (χ2v) is 45.9. The van der Waals surface area contributed by atoms with Crippen molar-refractivity contribution in [3.05, 3.63) is 101 Å². The van der Waals surface area contributed by atoms with Crippen LogP contribution in [0, 0.1) is 20.8 Å². The number of aryl methyl sites for hydroxylation is 6. The van der Waals surface area contributed by atoms with Crippen molar-refractivity contribution < 1.29 is 138 Å². The average Bonchev–Trinajstić information content (AvgIpc) is 0.717. The number of allylic oxidation sites excluding steroid dienone is 1. The Morgan fingerprint density at radius 2 is 0.672 bits per heavy atom. The van der Waals surface area contributed by atoms with Crippen molar-refractivity contribution in [1.82, 2.24) is 0 Å². The fourth-order valence-electron chi connectivity index (χ4n) is 13.4. The zero-order valence-corrected chi connectivity index (χ0v) is 72.9. The molecule has 5 nitrogen and oxygen atoms in total. The fourth-order valence-corrected chi connectivity index (χ4v) is 21.5. The van der Waals surface area contributed by atoms with Gasteiger partial charge in [-0.15, -0.1) is 6.58 Å². The molecule has 116 heavy (non-hydrogen) atoms. The highest BCUT2D eigenvalue weighted by molar-refractivity contribution is 6.73. The van der Waals surface area contributed by atoms with E-state index in [1.165, 1.54) is 108 Å². The molecule has 0 radical (unpaired) electrons. The van der Waals surface area contributed by atoms with Crippen LogP contribution in [0.3, 0.4) is 0 Å². The van der Waals surface area contributed by atoms with E-state index in [9.17, 15) is 129 Å². The standard InChI is InChI=1S/C38H48F26OSi2.C26H50O3Si2.C16H24O.CH4/c1-3-10-24(66-19-17-27(39,40)29(43,44)31(47,48)33(51,52)35(55,56)37(59,60)61)15-16-25(12-9-7-5-4-6-8-11-23-14-13-22(2)26(65)21-23)67-20-18-28(41,42)30(45,46)32(49,50)34(53,54)36(57,58)38(62,63)64;1-22-17-19-24(21-26(22)27)15-13-11-9-10-12-14-16-25(31(7,8)29-4)20-18-23(2)30(5,6)28-3;1-3-4-5-6-7-8-9-10-15-12-11-14(2)16(17)13-15;/h13-14,21,24-25,65H,3-12,15-20,66-67H2,1-2H3;17,19,21,23,25,27H,9-16,18,20H2,1-8H3;3,11-13,17H,1,4-10H2,2H3;1H4. The Bertz CT molecular complexity index is 3260. The Labute approximate surface area is 676 Å². The van der Waals surface area contributed by atoms with E-state index in [-0.39, 0.29) is 51.7 Å². The van der Waals surface area contributed by atoms with Crippen LogP contribution >= 0.6 is 0 Å². The van der Waals surface area contributed by atoms with Crippen LogP contribution in [0.4, 0.5) is 114 Å².